The fraction of sp³-hybridized carbons (Fsp3) is 0.333. The van der Waals surface area contributed by atoms with Crippen molar-refractivity contribution in [3.05, 3.63) is 196 Å². The number of hydrogen-bond donors (Lipinski definition) is 6. The van der Waals surface area contributed by atoms with Crippen LogP contribution in [-0.4, -0.2) is 184 Å². The largest absolute Gasteiger partial charge is 0.542 e. The van der Waals surface area contributed by atoms with Gasteiger partial charge >= 0.3 is 12.3 Å². The third-order valence-corrected chi connectivity index (χ3v) is 39.8. The van der Waals surface area contributed by atoms with Crippen molar-refractivity contribution in [2.24, 2.45) is 0 Å². The second-order valence-electron chi connectivity index (χ2n) is 33.0. The van der Waals surface area contributed by atoms with E-state index < -0.39 is 83.1 Å². The first-order valence-electron chi connectivity index (χ1n) is 40.2. The molecule has 37 heteroatoms. The van der Waals surface area contributed by atoms with E-state index in [2.05, 4.69) is 234 Å². The summed E-state index contributed by atoms with van der Waals surface area (Å²) in [7, 11) is -9.61. The van der Waals surface area contributed by atoms with Gasteiger partial charge in [0, 0.05) is 129 Å². The van der Waals surface area contributed by atoms with Crippen molar-refractivity contribution >= 4 is 217 Å². The first-order valence-corrected chi connectivity index (χ1v) is 55.4. The Hall–Kier alpha value is -9.57. The SMILES string of the molecule is CC(C)(C)[Si](C)(C)Oc1ccc(I)c2cccnc12.CC(C)(C)[Si](C)(C)Oc1ccc(SCCO)c2cccnc12.CC(C)(C)[Si](C)(C)Oc1ccc(SCCOC(=O)ON2C(=O)CCC2=O)c2cccnc12.O=C(OCCS(=O)(=O)c1ccc(O)c2ncccc12)ON1C(=O)CCC1=O.OCCS.Oc1ccc(I)c2cccnc12.Oc1cccc2cccnc12. The van der Waals surface area contributed by atoms with E-state index >= 15 is 0 Å². The van der Waals surface area contributed by atoms with Crippen molar-refractivity contribution < 1.29 is 95.1 Å². The van der Waals surface area contributed by atoms with Crippen molar-refractivity contribution in [2.45, 2.75) is 157 Å². The second kappa shape index (κ2) is 46.1. The molecule has 8 heterocycles. The summed E-state index contributed by atoms with van der Waals surface area (Å²) < 4.78 is 56.4. The number of nitrogens with zero attached hydrogens (tertiary/aromatic N) is 8. The average Bonchev–Trinajstić information content (AvgIpc) is 1.08. The van der Waals surface area contributed by atoms with Crippen LogP contribution < -0.4 is 13.3 Å². The van der Waals surface area contributed by atoms with Crippen molar-refractivity contribution in [1.82, 2.24) is 40.0 Å². The number of hydroxylamine groups is 4. The van der Waals surface area contributed by atoms with Gasteiger partial charge in [-0.1, -0.05) is 115 Å². The molecule has 0 saturated carbocycles. The molecular formula is C90H106I2N8O20S4Si3. The predicted molar refractivity (Wildman–Crippen MR) is 523 cm³/mol. The van der Waals surface area contributed by atoms with E-state index in [0.29, 0.717) is 38.4 Å². The molecule has 4 amide bonds. The number of amides is 4. The Labute approximate surface area is 783 Å². The molecule has 0 atom stereocenters. The van der Waals surface area contributed by atoms with Crippen LogP contribution in [0.25, 0.3) is 65.4 Å². The Kier molecular flexibility index (Phi) is 37.3. The topological polar surface area (TPSA) is 386 Å². The summed E-state index contributed by atoms with van der Waals surface area (Å²) >= 11 is 11.4. The number of fused-ring (bicyclic) bond motifs is 6. The number of sulfone groups is 1. The zero-order chi connectivity index (χ0) is 93.4. The van der Waals surface area contributed by atoms with Crippen LogP contribution in [0.3, 0.4) is 0 Å². The summed E-state index contributed by atoms with van der Waals surface area (Å²) in [5.74, 6) is 1.60. The molecule has 6 aromatic carbocycles. The van der Waals surface area contributed by atoms with Gasteiger partial charge < -0.3 is 48.3 Å². The first-order chi connectivity index (χ1) is 59.8. The molecule has 0 spiro atoms. The van der Waals surface area contributed by atoms with E-state index in [1.807, 2.05) is 85.1 Å². The van der Waals surface area contributed by atoms with E-state index in [0.717, 1.165) is 68.7 Å². The highest BCUT2D eigenvalue weighted by atomic mass is 127. The number of thioether (sulfide) groups is 2. The number of thiol groups is 1. The van der Waals surface area contributed by atoms with Gasteiger partial charge in [0.15, 0.2) is 9.84 Å². The number of para-hydroxylation sites is 1. The molecule has 0 radical (unpaired) electrons. The lowest BCUT2D eigenvalue weighted by atomic mass is 10.2. The maximum atomic E-state index is 12.5. The van der Waals surface area contributed by atoms with Gasteiger partial charge in [0.2, 0.25) is 0 Å². The Bertz CT molecular complexity index is 5930. The van der Waals surface area contributed by atoms with Crippen LogP contribution >= 0.6 is 81.3 Å². The van der Waals surface area contributed by atoms with Crippen molar-refractivity contribution in [2.75, 3.05) is 49.4 Å². The van der Waals surface area contributed by atoms with Crippen LogP contribution in [-0.2, 0) is 48.2 Å². The molecule has 0 bridgehead atoms. The minimum atomic E-state index is -3.88. The zero-order valence-corrected chi connectivity index (χ0v) is 83.9. The number of aliphatic hydroxyl groups excluding tert-OH is 2. The molecule has 5 N–H and O–H groups in total. The number of phenols is 3. The number of benzene rings is 6. The molecule has 2 aliphatic rings. The highest BCUT2D eigenvalue weighted by Gasteiger charge is 2.42. The summed E-state index contributed by atoms with van der Waals surface area (Å²) in [5.41, 5.74) is 4.15. The Balaban J connectivity index is 0.000000193. The summed E-state index contributed by atoms with van der Waals surface area (Å²) in [6.07, 6.45) is 7.66. The second-order valence-corrected chi connectivity index (χ2v) is 54.3. The molecule has 6 aromatic heterocycles. The molecule has 2 fully saturated rings. The standard InChI is InChI=1S/C22H28N2O6SSi.C17H25NO2SSi.C16H14N2O8S.C15H20INOSi.C9H6INO.C9H7NO.C2H6OS/c1-22(2,3)32(4,5)30-16-8-9-17(15-7-6-12-23-20(15)16)31-14-13-28-21(27)29-24-18(25)10-11-19(24)26;1-17(2,3)22(4,5)20-14-8-9-15(21-12-11-19)13-7-6-10-18-16(13)14;19-11-3-4-12(10-2-1-7-17-15(10)11)27(23,24)9-8-25-16(22)26-18-13(20)5-6-14(18)21;1-15(2,3)19(4,5)18-13-9-8-12(16)11-7-6-10-17-14(11)13;10-7-3-4-8(12)9-6(7)2-1-5-11-9;11-8-5-1-3-7-4-2-6-10-9(7)8;3-1-2-4/h6-9,12H,10-11,13-14H2,1-5H3;6-10,19H,11-12H2,1-5H3;1-4,7,19H,5-6,8-9H2;6-10H,1-5H3;1-5,12H;1-6,11H;3-4H,1-2H2. The molecule has 28 nitrogen and oxygen atoms in total. The molecule has 2 saturated heterocycles. The van der Waals surface area contributed by atoms with Gasteiger partial charge in [0.1, 0.15) is 80.8 Å². The number of aromatic hydroxyl groups is 3. The molecule has 676 valence electrons. The summed E-state index contributed by atoms with van der Waals surface area (Å²) in [6.45, 7) is 33.3. The summed E-state index contributed by atoms with van der Waals surface area (Å²) in [5, 5.41) is 52.0. The van der Waals surface area contributed by atoms with Gasteiger partial charge in [0.25, 0.3) is 48.6 Å². The van der Waals surface area contributed by atoms with Gasteiger partial charge in [-0.25, -0.2) is 18.0 Å². The third-order valence-electron chi connectivity index (χ3n) is 20.9. The Morgan fingerprint density at radius 1 is 0.425 bits per heavy atom. The molecule has 0 unspecified atom stereocenters. The number of ether oxygens (including phenoxy) is 2. The van der Waals surface area contributed by atoms with E-state index in [9.17, 15) is 52.5 Å². The monoisotopic (exact) mass is 2080 g/mol. The van der Waals surface area contributed by atoms with Crippen molar-refractivity contribution in [3.63, 3.8) is 0 Å². The van der Waals surface area contributed by atoms with Crippen molar-refractivity contribution in [3.8, 4) is 34.5 Å². The number of pyridine rings is 6. The van der Waals surface area contributed by atoms with Gasteiger partial charge in [-0.05, 0) is 209 Å². The van der Waals surface area contributed by atoms with Gasteiger partial charge in [-0.15, -0.1) is 23.5 Å². The van der Waals surface area contributed by atoms with Crippen LogP contribution in [0.4, 0.5) is 9.59 Å². The van der Waals surface area contributed by atoms with E-state index in [-0.39, 0.29) is 93.7 Å². The van der Waals surface area contributed by atoms with Crippen LogP contribution in [0.15, 0.2) is 204 Å². The number of aromatic nitrogens is 6. The molecule has 14 rings (SSSR count). The van der Waals surface area contributed by atoms with E-state index in [1.54, 1.807) is 54.7 Å². The smallest absolute Gasteiger partial charge is 0.533 e. The number of halogens is 2. The number of hydrogen-bond acceptors (Lipinski definition) is 29. The number of imide groups is 2. The lowest BCUT2D eigenvalue weighted by molar-refractivity contribution is -0.177. The van der Waals surface area contributed by atoms with Crippen LogP contribution in [0, 0.1) is 7.14 Å². The number of rotatable bonds is 20. The van der Waals surface area contributed by atoms with Crippen LogP contribution in [0.2, 0.25) is 54.4 Å². The van der Waals surface area contributed by atoms with E-state index in [4.69, 9.17) is 28.2 Å². The van der Waals surface area contributed by atoms with Gasteiger partial charge in [0.05, 0.1) is 23.9 Å². The minimum absolute atomic E-state index is 0.0399. The summed E-state index contributed by atoms with van der Waals surface area (Å²) in [4.78, 5) is 106. The zero-order valence-electron chi connectivity index (χ0n) is 73.2. The minimum Gasteiger partial charge on any atom is -0.542 e. The molecular weight excluding hydrogens is 1980 g/mol. The lowest BCUT2D eigenvalue weighted by Gasteiger charge is -2.36. The van der Waals surface area contributed by atoms with Crippen LogP contribution in [0.1, 0.15) is 88.0 Å². The maximum absolute atomic E-state index is 12.5. The molecule has 0 aliphatic carbocycles. The maximum Gasteiger partial charge on any atom is 0.533 e. The number of carbonyl (C=O) groups is 6. The predicted octanol–water partition coefficient (Wildman–Crippen LogP) is 20.2. The fourth-order valence-corrected chi connectivity index (χ4v) is 18.3. The molecule has 12 aromatic rings. The summed E-state index contributed by atoms with van der Waals surface area (Å²) in [6, 6.07) is 46.1. The van der Waals surface area contributed by atoms with Gasteiger partial charge in [-0.2, -0.15) is 12.6 Å². The normalized spacial score (nSPS) is 13.0. The number of phenolic OH excluding ortho intramolecular Hbond substituents is 3. The number of aliphatic hydroxyl groups is 2. The molecule has 2 aliphatic heterocycles. The highest BCUT2D eigenvalue weighted by molar-refractivity contribution is 14.1. The number of carbonyl (C=O) groups excluding carboxylic acids is 6. The average molecular weight is 2090 g/mol. The third kappa shape index (κ3) is 28.2. The highest BCUT2D eigenvalue weighted by Crippen LogP contribution is 2.44. The fourth-order valence-electron chi connectivity index (χ4n) is 11.0. The van der Waals surface area contributed by atoms with E-state index in [1.165, 1.54) is 51.2 Å². The molecule has 127 heavy (non-hydrogen) atoms. The Morgan fingerprint density at radius 3 is 1.17 bits per heavy atom. The quantitative estimate of drug-likeness (QED) is 0.00785. The van der Waals surface area contributed by atoms with Gasteiger partial charge in [-0.3, -0.25) is 58.8 Å². The Morgan fingerprint density at radius 2 is 0.756 bits per heavy atom. The first kappa shape index (κ1) is 103. The van der Waals surface area contributed by atoms with Crippen LogP contribution in [0.5, 0.6) is 34.5 Å². The van der Waals surface area contributed by atoms with Crippen molar-refractivity contribution in [1.29, 1.82) is 0 Å². The lowest BCUT2D eigenvalue weighted by Crippen LogP contribution is -2.43.